The molecule has 0 spiro atoms. The Hall–Kier alpha value is 1.22. The van der Waals surface area contributed by atoms with E-state index < -0.39 is 14.7 Å². The van der Waals surface area contributed by atoms with Crippen LogP contribution in [0.3, 0.4) is 0 Å². The van der Waals surface area contributed by atoms with E-state index in [9.17, 15) is 8.42 Å². The van der Waals surface area contributed by atoms with Gasteiger partial charge in [-0.2, -0.15) is 21.0 Å². The first-order chi connectivity index (χ1) is 3.48. The molecule has 7 heteroatoms. The summed E-state index contributed by atoms with van der Waals surface area (Å²) in [5.74, 6) is 0. The first-order valence-electron chi connectivity index (χ1n) is 2.13. The van der Waals surface area contributed by atoms with Crippen LogP contribution in [0, 0.1) is 0 Å². The number of hydrogen-bond donors (Lipinski definition) is 3. The topological polar surface area (TPSA) is 89.4 Å². The van der Waals surface area contributed by atoms with Gasteiger partial charge in [0.1, 0.15) is 4.58 Å². The second-order valence-electron chi connectivity index (χ2n) is 1.38. The van der Waals surface area contributed by atoms with E-state index >= 15 is 0 Å². The molecule has 0 aliphatic heterocycles. The second kappa shape index (κ2) is 6.90. The van der Waals surface area contributed by atoms with Crippen molar-refractivity contribution >= 4 is 52.3 Å². The first-order valence-corrected chi connectivity index (χ1v) is 4.14. The Kier molecular flexibility index (Phi) is 12.0. The fourth-order valence-corrected chi connectivity index (χ4v) is 0.632. The van der Waals surface area contributed by atoms with E-state index in [1.165, 1.54) is 0 Å². The summed E-state index contributed by atoms with van der Waals surface area (Å²) in [5, 5.41) is 0. The first kappa shape index (κ1) is 17.3. The molecule has 10 heavy (non-hydrogen) atoms. The van der Waals surface area contributed by atoms with Crippen LogP contribution >= 0.6 is 12.6 Å². The van der Waals surface area contributed by atoms with Gasteiger partial charge in [-0.05, 0) is 6.42 Å². The summed E-state index contributed by atoms with van der Waals surface area (Å²) in [5.41, 5.74) is 0. The Morgan fingerprint density at radius 1 is 1.60 bits per heavy atom. The Morgan fingerprint density at radius 2 is 1.90 bits per heavy atom. The number of rotatable bonds is 2. The molecule has 4 N–H and O–H groups in total. The molecule has 0 aromatic rings. The van der Waals surface area contributed by atoms with E-state index in [0.29, 0.717) is 6.42 Å². The molecule has 0 saturated heterocycles. The van der Waals surface area contributed by atoms with Gasteiger partial charge < -0.3 is 6.15 Å². The summed E-state index contributed by atoms with van der Waals surface area (Å²) >= 11 is 3.57. The normalized spacial score (nSPS) is 12.7. The standard InChI is InChI=1S/C3H8O3S2.H3N.Na.H/c1-2-3(7)8(4,5)6;;;/h3,7H,2H2,1H3,(H,4,5,6);1H3;;. The van der Waals surface area contributed by atoms with Crippen LogP contribution < -0.4 is 6.15 Å². The fourth-order valence-electron chi connectivity index (χ4n) is 0.211. The molecule has 0 aliphatic carbocycles. The third-order valence-electron chi connectivity index (χ3n) is 0.693. The van der Waals surface area contributed by atoms with Crippen molar-refractivity contribution in [1.29, 1.82) is 0 Å². The number of thiol groups is 1. The number of hydrogen-bond acceptors (Lipinski definition) is 4. The van der Waals surface area contributed by atoms with Crippen molar-refractivity contribution in [2.24, 2.45) is 0 Å². The fraction of sp³-hybridized carbons (Fsp3) is 1.00. The zero-order chi connectivity index (χ0) is 6.78. The Labute approximate surface area is 88.8 Å². The van der Waals surface area contributed by atoms with Gasteiger partial charge >= 0.3 is 29.6 Å². The zero-order valence-corrected chi connectivity index (χ0v) is 6.82. The van der Waals surface area contributed by atoms with Gasteiger partial charge in [-0.3, -0.25) is 4.55 Å². The molecule has 0 saturated carbocycles. The van der Waals surface area contributed by atoms with Gasteiger partial charge in [0.05, 0.1) is 0 Å². The summed E-state index contributed by atoms with van der Waals surface area (Å²) in [7, 11) is -3.89. The molecular weight excluding hydrogens is 185 g/mol. The molecule has 0 bridgehead atoms. The predicted molar refractivity (Wildman–Crippen MR) is 46.8 cm³/mol. The molecule has 0 aromatic heterocycles. The zero-order valence-electron chi connectivity index (χ0n) is 5.11. The summed E-state index contributed by atoms with van der Waals surface area (Å²) in [6, 6.07) is 0. The molecule has 0 aliphatic rings. The van der Waals surface area contributed by atoms with Crippen LogP contribution in [0.1, 0.15) is 13.3 Å². The van der Waals surface area contributed by atoms with E-state index in [-0.39, 0.29) is 35.7 Å². The minimum atomic E-state index is -3.89. The van der Waals surface area contributed by atoms with E-state index in [0.717, 1.165) is 0 Å². The van der Waals surface area contributed by atoms with Crippen molar-refractivity contribution in [2.75, 3.05) is 0 Å². The maximum absolute atomic E-state index is 10.0. The van der Waals surface area contributed by atoms with Crippen LogP contribution in [0.2, 0.25) is 0 Å². The van der Waals surface area contributed by atoms with Crippen LogP contribution in [0.5, 0.6) is 0 Å². The summed E-state index contributed by atoms with van der Waals surface area (Å²) in [6.07, 6.45) is 0.321. The molecule has 1 unspecified atom stereocenters. The van der Waals surface area contributed by atoms with Crippen molar-refractivity contribution in [1.82, 2.24) is 6.15 Å². The van der Waals surface area contributed by atoms with E-state index in [4.69, 9.17) is 4.55 Å². The molecule has 4 nitrogen and oxygen atoms in total. The van der Waals surface area contributed by atoms with Crippen molar-refractivity contribution in [3.05, 3.63) is 0 Å². The SMILES string of the molecule is CCC(S)S(=O)(=O)O.N.[NaH]. The van der Waals surface area contributed by atoms with Crippen molar-refractivity contribution < 1.29 is 13.0 Å². The molecule has 0 fully saturated rings. The third kappa shape index (κ3) is 7.33. The van der Waals surface area contributed by atoms with Gasteiger partial charge in [0, 0.05) is 0 Å². The second-order valence-corrected chi connectivity index (χ2v) is 3.95. The molecular formula is C3H12NNaO3S2. The third-order valence-corrected chi connectivity index (χ3v) is 2.88. The predicted octanol–water partition coefficient (Wildman–Crippen LogP) is 0.0536. The monoisotopic (exact) mass is 197 g/mol. The average Bonchev–Trinajstić information content (AvgIpc) is 1.62. The molecule has 0 radical (unpaired) electrons. The average molecular weight is 197 g/mol. The molecule has 1 atom stereocenters. The van der Waals surface area contributed by atoms with Gasteiger partial charge in [0.15, 0.2) is 0 Å². The van der Waals surface area contributed by atoms with Crippen molar-refractivity contribution in [2.45, 2.75) is 17.9 Å². The van der Waals surface area contributed by atoms with Crippen molar-refractivity contribution in [3.8, 4) is 0 Å². The van der Waals surface area contributed by atoms with Gasteiger partial charge in [0.2, 0.25) is 0 Å². The van der Waals surface area contributed by atoms with E-state index in [1.54, 1.807) is 6.92 Å². The Morgan fingerprint density at radius 3 is 1.90 bits per heavy atom. The molecule has 0 aromatic carbocycles. The van der Waals surface area contributed by atoms with Crippen LogP contribution in [0.15, 0.2) is 0 Å². The maximum atomic E-state index is 10.0. The van der Waals surface area contributed by atoms with Gasteiger partial charge in [-0.25, -0.2) is 0 Å². The summed E-state index contributed by atoms with van der Waals surface area (Å²) in [6.45, 7) is 1.63. The van der Waals surface area contributed by atoms with Crippen LogP contribution in [0.4, 0.5) is 0 Å². The van der Waals surface area contributed by atoms with Crippen LogP contribution in [0.25, 0.3) is 0 Å². The molecule has 0 amide bonds. The van der Waals surface area contributed by atoms with Crippen LogP contribution in [-0.2, 0) is 10.1 Å². The van der Waals surface area contributed by atoms with Gasteiger partial charge in [-0.15, -0.1) is 0 Å². The van der Waals surface area contributed by atoms with E-state index in [2.05, 4.69) is 12.6 Å². The van der Waals surface area contributed by atoms with E-state index in [1.807, 2.05) is 0 Å². The Bertz CT molecular complexity index is 157. The van der Waals surface area contributed by atoms with Gasteiger partial charge in [-0.1, -0.05) is 6.92 Å². The van der Waals surface area contributed by atoms with Crippen molar-refractivity contribution in [3.63, 3.8) is 0 Å². The summed E-state index contributed by atoms with van der Waals surface area (Å²) in [4.78, 5) is 0. The van der Waals surface area contributed by atoms with Crippen LogP contribution in [-0.4, -0.2) is 47.1 Å². The molecule has 0 heterocycles. The molecule has 0 rings (SSSR count). The quantitative estimate of drug-likeness (QED) is 0.331. The Balaban J connectivity index is -0.000000245. The molecule has 60 valence electrons. The van der Waals surface area contributed by atoms with Gasteiger partial charge in [0.25, 0.3) is 10.1 Å². The summed E-state index contributed by atoms with van der Waals surface area (Å²) < 4.78 is 27.3. The minimum absolute atomic E-state index is 0.